The molecule has 1 unspecified atom stereocenters. The molecule has 1 heterocycles. The number of carbonyl (C=O) groups excluding carboxylic acids is 1. The molecule has 0 saturated heterocycles. The van der Waals surface area contributed by atoms with E-state index in [2.05, 4.69) is 20.8 Å². The van der Waals surface area contributed by atoms with E-state index < -0.39 is 5.41 Å². The van der Waals surface area contributed by atoms with Gasteiger partial charge in [0.15, 0.2) is 0 Å². The maximum Gasteiger partial charge on any atom is 0.226 e. The van der Waals surface area contributed by atoms with E-state index in [1.54, 1.807) is 13.2 Å². The van der Waals surface area contributed by atoms with Crippen LogP contribution in [0.5, 0.6) is 0 Å². The van der Waals surface area contributed by atoms with Crippen molar-refractivity contribution in [3.05, 3.63) is 18.0 Å². The zero-order chi connectivity index (χ0) is 12.2. The summed E-state index contributed by atoms with van der Waals surface area (Å²) in [7, 11) is 1.66. The lowest BCUT2D eigenvalue weighted by Gasteiger charge is -2.25. The molecular weight excluding hydrogens is 204 g/mol. The first kappa shape index (κ1) is 12.7. The van der Waals surface area contributed by atoms with Crippen LogP contribution in [0.2, 0.25) is 0 Å². The highest BCUT2D eigenvalue weighted by molar-refractivity contribution is 5.81. The molecular formula is C11H20N4O. The van der Waals surface area contributed by atoms with Gasteiger partial charge in [-0.1, -0.05) is 0 Å². The van der Waals surface area contributed by atoms with Crippen LogP contribution in [-0.2, 0) is 4.79 Å². The fourth-order valence-electron chi connectivity index (χ4n) is 1.44. The molecule has 0 saturated carbocycles. The second-order valence-corrected chi connectivity index (χ2v) is 4.58. The summed E-state index contributed by atoms with van der Waals surface area (Å²) >= 11 is 0. The van der Waals surface area contributed by atoms with Crippen LogP contribution in [0.4, 0.5) is 0 Å². The van der Waals surface area contributed by atoms with Gasteiger partial charge in [-0.25, -0.2) is 0 Å². The minimum absolute atomic E-state index is 0.0387. The first-order chi connectivity index (χ1) is 7.47. The predicted octanol–water partition coefficient (Wildman–Crippen LogP) is 0.832. The number of hydrogen-bond acceptors (Lipinski definition) is 3. The number of nitrogens with zero attached hydrogens (tertiary/aromatic N) is 1. The molecule has 1 rings (SSSR count). The lowest BCUT2D eigenvalue weighted by Crippen LogP contribution is -2.42. The topological polar surface area (TPSA) is 69.8 Å². The van der Waals surface area contributed by atoms with Crippen LogP contribution in [0.1, 0.15) is 32.5 Å². The molecule has 90 valence electrons. The number of carbonyl (C=O) groups is 1. The molecule has 1 aromatic heterocycles. The van der Waals surface area contributed by atoms with Crippen LogP contribution in [0.25, 0.3) is 0 Å². The van der Waals surface area contributed by atoms with E-state index in [0.29, 0.717) is 6.54 Å². The molecule has 16 heavy (non-hydrogen) atoms. The predicted molar refractivity (Wildman–Crippen MR) is 62.9 cm³/mol. The van der Waals surface area contributed by atoms with E-state index >= 15 is 0 Å². The maximum absolute atomic E-state index is 11.6. The summed E-state index contributed by atoms with van der Waals surface area (Å²) in [4.78, 5) is 11.6. The van der Waals surface area contributed by atoms with Crippen molar-refractivity contribution in [3.8, 4) is 0 Å². The number of H-pyrrole nitrogens is 1. The maximum atomic E-state index is 11.6. The van der Waals surface area contributed by atoms with Gasteiger partial charge in [0.2, 0.25) is 5.91 Å². The summed E-state index contributed by atoms with van der Waals surface area (Å²) in [6.07, 6.45) is 1.72. The van der Waals surface area contributed by atoms with Gasteiger partial charge in [-0.15, -0.1) is 0 Å². The molecule has 0 fully saturated rings. The quantitative estimate of drug-likeness (QED) is 0.694. The Morgan fingerprint density at radius 1 is 1.62 bits per heavy atom. The van der Waals surface area contributed by atoms with Crippen LogP contribution in [0.3, 0.4) is 0 Å². The van der Waals surface area contributed by atoms with Crippen molar-refractivity contribution in [2.45, 2.75) is 26.8 Å². The van der Waals surface area contributed by atoms with Crippen LogP contribution in [0, 0.1) is 5.41 Å². The van der Waals surface area contributed by atoms with E-state index in [-0.39, 0.29) is 11.9 Å². The zero-order valence-corrected chi connectivity index (χ0v) is 10.3. The molecule has 0 aromatic carbocycles. The lowest BCUT2D eigenvalue weighted by molar-refractivity contribution is -0.128. The van der Waals surface area contributed by atoms with Crippen molar-refractivity contribution in [2.75, 3.05) is 13.6 Å². The minimum Gasteiger partial charge on any atom is -0.359 e. The summed E-state index contributed by atoms with van der Waals surface area (Å²) in [6, 6.07) is 2.08. The molecule has 1 atom stereocenters. The lowest BCUT2D eigenvalue weighted by atomic mass is 9.92. The van der Waals surface area contributed by atoms with Gasteiger partial charge in [-0.3, -0.25) is 9.89 Å². The molecule has 3 N–H and O–H groups in total. The zero-order valence-electron chi connectivity index (χ0n) is 10.3. The van der Waals surface area contributed by atoms with Gasteiger partial charge in [-0.2, -0.15) is 5.10 Å². The van der Waals surface area contributed by atoms with E-state index in [1.165, 1.54) is 0 Å². The Morgan fingerprint density at radius 3 is 2.81 bits per heavy atom. The number of aromatic amines is 1. The highest BCUT2D eigenvalue weighted by Crippen LogP contribution is 2.16. The molecule has 5 heteroatoms. The summed E-state index contributed by atoms with van der Waals surface area (Å²) in [5.41, 5.74) is 0.607. The molecule has 0 aliphatic rings. The van der Waals surface area contributed by atoms with Crippen molar-refractivity contribution in [2.24, 2.45) is 5.41 Å². The number of hydrogen-bond donors (Lipinski definition) is 3. The molecule has 0 spiro atoms. The van der Waals surface area contributed by atoms with Crippen molar-refractivity contribution < 1.29 is 4.79 Å². The Bertz CT molecular complexity index is 332. The Labute approximate surface area is 96.0 Å². The van der Waals surface area contributed by atoms with E-state index in [0.717, 1.165) is 5.69 Å². The van der Waals surface area contributed by atoms with Crippen molar-refractivity contribution in [1.82, 2.24) is 20.8 Å². The summed E-state index contributed by atoms with van der Waals surface area (Å²) < 4.78 is 0. The third kappa shape index (κ3) is 3.06. The van der Waals surface area contributed by atoms with Gasteiger partial charge in [0, 0.05) is 25.8 Å². The van der Waals surface area contributed by atoms with Gasteiger partial charge >= 0.3 is 0 Å². The standard InChI is InChI=1S/C11H20N4O/c1-8(9-5-6-14-15-9)13-7-11(2,3)10(16)12-4/h5-6,8,13H,7H2,1-4H3,(H,12,16)(H,14,15). The third-order valence-corrected chi connectivity index (χ3v) is 2.68. The molecule has 0 aliphatic carbocycles. The van der Waals surface area contributed by atoms with Crippen LogP contribution >= 0.6 is 0 Å². The molecule has 1 aromatic rings. The Morgan fingerprint density at radius 2 is 2.31 bits per heavy atom. The van der Waals surface area contributed by atoms with Crippen molar-refractivity contribution in [3.63, 3.8) is 0 Å². The van der Waals surface area contributed by atoms with Gasteiger partial charge in [0.1, 0.15) is 0 Å². The summed E-state index contributed by atoms with van der Waals surface area (Å²) in [5, 5.41) is 12.8. The summed E-state index contributed by atoms with van der Waals surface area (Å²) in [5.74, 6) is 0.0387. The highest BCUT2D eigenvalue weighted by atomic mass is 16.2. The van der Waals surface area contributed by atoms with Gasteiger partial charge in [0.05, 0.1) is 11.1 Å². The van der Waals surface area contributed by atoms with Crippen LogP contribution in [-0.4, -0.2) is 29.7 Å². The Balaban J connectivity index is 2.48. The van der Waals surface area contributed by atoms with Crippen molar-refractivity contribution in [1.29, 1.82) is 0 Å². The van der Waals surface area contributed by atoms with Gasteiger partial charge < -0.3 is 10.6 Å². The monoisotopic (exact) mass is 224 g/mol. The normalized spacial score (nSPS) is 13.5. The molecule has 5 nitrogen and oxygen atoms in total. The number of rotatable bonds is 5. The average molecular weight is 224 g/mol. The van der Waals surface area contributed by atoms with E-state index in [9.17, 15) is 4.79 Å². The number of amides is 1. The van der Waals surface area contributed by atoms with E-state index in [1.807, 2.05) is 26.8 Å². The molecule has 0 bridgehead atoms. The SMILES string of the molecule is CNC(=O)C(C)(C)CNC(C)c1ccn[nH]1. The first-order valence-corrected chi connectivity index (χ1v) is 5.42. The van der Waals surface area contributed by atoms with Crippen LogP contribution < -0.4 is 10.6 Å². The minimum atomic E-state index is -0.414. The molecule has 1 amide bonds. The second kappa shape index (κ2) is 5.12. The van der Waals surface area contributed by atoms with Crippen LogP contribution in [0.15, 0.2) is 12.3 Å². The third-order valence-electron chi connectivity index (χ3n) is 2.68. The smallest absolute Gasteiger partial charge is 0.226 e. The van der Waals surface area contributed by atoms with Gasteiger partial charge in [0.25, 0.3) is 0 Å². The Hall–Kier alpha value is -1.36. The van der Waals surface area contributed by atoms with Gasteiger partial charge in [-0.05, 0) is 26.8 Å². The number of nitrogens with one attached hydrogen (secondary N) is 3. The average Bonchev–Trinajstić information content (AvgIpc) is 2.78. The fraction of sp³-hybridized carbons (Fsp3) is 0.636. The highest BCUT2D eigenvalue weighted by Gasteiger charge is 2.26. The largest absolute Gasteiger partial charge is 0.359 e. The van der Waals surface area contributed by atoms with Crippen molar-refractivity contribution >= 4 is 5.91 Å². The first-order valence-electron chi connectivity index (χ1n) is 5.42. The fourth-order valence-corrected chi connectivity index (χ4v) is 1.44. The molecule has 0 radical (unpaired) electrons. The van der Waals surface area contributed by atoms with E-state index in [4.69, 9.17) is 0 Å². The number of aromatic nitrogens is 2. The second-order valence-electron chi connectivity index (χ2n) is 4.58. The Kier molecular flexibility index (Phi) is 4.06. The molecule has 0 aliphatic heterocycles. The summed E-state index contributed by atoms with van der Waals surface area (Å²) in [6.45, 7) is 6.48.